The molecule has 3 N–H and O–H groups in total. The smallest absolute Gasteiger partial charge is 0.254 e. The van der Waals surface area contributed by atoms with Crippen LogP contribution >= 0.6 is 0 Å². The molecule has 30 heavy (non-hydrogen) atoms. The van der Waals surface area contributed by atoms with E-state index < -0.39 is 28.6 Å². The van der Waals surface area contributed by atoms with E-state index in [1.165, 1.54) is 18.8 Å². The molecule has 0 saturated carbocycles. The van der Waals surface area contributed by atoms with Crippen molar-refractivity contribution in [1.29, 1.82) is 0 Å². The fourth-order valence-corrected chi connectivity index (χ4v) is 3.39. The summed E-state index contributed by atoms with van der Waals surface area (Å²) >= 11 is 0. The van der Waals surface area contributed by atoms with Gasteiger partial charge in [-0.2, -0.15) is 0 Å². The first-order valence-electron chi connectivity index (χ1n) is 9.07. The van der Waals surface area contributed by atoms with Crippen LogP contribution in [-0.4, -0.2) is 29.8 Å². The quantitative estimate of drug-likeness (QED) is 0.596. The number of aromatic nitrogens is 1. The molecule has 0 aliphatic heterocycles. The summed E-state index contributed by atoms with van der Waals surface area (Å²) in [6.07, 6.45) is -0.343. The van der Waals surface area contributed by atoms with E-state index in [1.54, 1.807) is 31.3 Å². The van der Waals surface area contributed by atoms with E-state index >= 15 is 0 Å². The van der Waals surface area contributed by atoms with Gasteiger partial charge < -0.3 is 29.3 Å². The van der Waals surface area contributed by atoms with E-state index in [0.29, 0.717) is 16.7 Å². The lowest BCUT2D eigenvalue weighted by Crippen LogP contribution is -2.27. The Hall–Kier alpha value is -3.59. The number of pyridine rings is 1. The predicted octanol–water partition coefficient (Wildman–Crippen LogP) is 1.36. The first-order valence-corrected chi connectivity index (χ1v) is 9.07. The van der Waals surface area contributed by atoms with Crippen LogP contribution in [0.5, 0.6) is 11.5 Å². The second-order valence-corrected chi connectivity index (χ2v) is 6.83. The van der Waals surface area contributed by atoms with Crippen molar-refractivity contribution in [3.05, 3.63) is 68.0 Å². The Morgan fingerprint density at radius 3 is 2.60 bits per heavy atom. The highest BCUT2D eigenvalue weighted by atomic mass is 16.5. The molecule has 1 atom stereocenters. The van der Waals surface area contributed by atoms with Gasteiger partial charge in [-0.05, 0) is 23.6 Å². The number of rotatable bonds is 7. The topological polar surface area (TPSA) is 134 Å². The molecule has 0 fully saturated rings. The lowest BCUT2D eigenvalue weighted by atomic mass is 9.91. The number of fused-ring (bicyclic) bond motifs is 1. The summed E-state index contributed by atoms with van der Waals surface area (Å²) in [5.74, 6) is -1.95. The Morgan fingerprint density at radius 1 is 1.23 bits per heavy atom. The predicted molar refractivity (Wildman–Crippen MR) is 109 cm³/mol. The lowest BCUT2D eigenvalue weighted by Gasteiger charge is -2.18. The molecule has 9 nitrogen and oxygen atoms in total. The van der Waals surface area contributed by atoms with Crippen LogP contribution in [0.1, 0.15) is 29.4 Å². The molecule has 0 aliphatic rings. The summed E-state index contributed by atoms with van der Waals surface area (Å²) in [5, 5.41) is 11.0. The highest BCUT2D eigenvalue weighted by Gasteiger charge is 2.28. The molecule has 0 spiro atoms. The fourth-order valence-electron chi connectivity index (χ4n) is 3.39. The van der Waals surface area contributed by atoms with Crippen LogP contribution in [-0.2, 0) is 23.2 Å². The summed E-state index contributed by atoms with van der Waals surface area (Å²) in [5.41, 5.74) is 5.03. The maximum atomic E-state index is 13.1. The zero-order chi connectivity index (χ0) is 22.0. The number of methoxy groups -OCH3 is 2. The molecule has 1 aromatic carbocycles. The number of nitrogens with zero attached hydrogens (tertiary/aromatic N) is 1. The van der Waals surface area contributed by atoms with E-state index in [9.17, 15) is 19.5 Å². The average molecular weight is 414 g/mol. The number of carbonyl (C=O) groups is 1. The molecule has 3 rings (SSSR count). The average Bonchev–Trinajstić information content (AvgIpc) is 2.71. The van der Waals surface area contributed by atoms with Crippen molar-refractivity contribution < 1.29 is 23.8 Å². The number of aryl methyl sites for hydroxylation is 1. The minimum absolute atomic E-state index is 0.0265. The third kappa shape index (κ3) is 3.92. The summed E-state index contributed by atoms with van der Waals surface area (Å²) in [4.78, 5) is 37.1. The Balaban J connectivity index is 2.29. The van der Waals surface area contributed by atoms with Gasteiger partial charge in [-0.1, -0.05) is 0 Å². The first-order chi connectivity index (χ1) is 14.3. The van der Waals surface area contributed by atoms with Crippen molar-refractivity contribution >= 4 is 16.8 Å². The molecule has 0 aliphatic carbocycles. The SMILES string of the molecule is COCc1cc(=O)c(O)c([C@H](CC(N)=O)c2cc3ccc(OC)cc3n(C)c2=O)o1. The normalized spacial score (nSPS) is 12.1. The van der Waals surface area contributed by atoms with Gasteiger partial charge in [0.15, 0.2) is 5.76 Å². The molecule has 2 heterocycles. The molecular formula is C21H22N2O7. The van der Waals surface area contributed by atoms with Gasteiger partial charge in [-0.3, -0.25) is 14.4 Å². The van der Waals surface area contributed by atoms with Gasteiger partial charge >= 0.3 is 0 Å². The zero-order valence-corrected chi connectivity index (χ0v) is 16.8. The van der Waals surface area contributed by atoms with Gasteiger partial charge in [0.05, 0.1) is 18.5 Å². The van der Waals surface area contributed by atoms with Crippen molar-refractivity contribution in [1.82, 2.24) is 4.57 Å². The maximum Gasteiger partial charge on any atom is 0.254 e. The lowest BCUT2D eigenvalue weighted by molar-refractivity contribution is -0.118. The van der Waals surface area contributed by atoms with Crippen molar-refractivity contribution in [2.75, 3.05) is 14.2 Å². The van der Waals surface area contributed by atoms with E-state index in [2.05, 4.69) is 0 Å². The highest BCUT2D eigenvalue weighted by molar-refractivity contribution is 5.82. The van der Waals surface area contributed by atoms with Crippen LogP contribution in [0.15, 0.2) is 44.3 Å². The number of carbonyl (C=O) groups excluding carboxylic acids is 1. The number of hydrogen-bond donors (Lipinski definition) is 2. The second-order valence-electron chi connectivity index (χ2n) is 6.83. The summed E-state index contributed by atoms with van der Waals surface area (Å²) < 4.78 is 17.2. The zero-order valence-electron chi connectivity index (χ0n) is 16.8. The van der Waals surface area contributed by atoms with Crippen molar-refractivity contribution in [2.24, 2.45) is 12.8 Å². The van der Waals surface area contributed by atoms with Gasteiger partial charge in [-0.15, -0.1) is 0 Å². The number of ether oxygens (including phenoxy) is 2. The number of benzene rings is 1. The number of nitrogens with two attached hydrogens (primary N) is 1. The van der Waals surface area contributed by atoms with Crippen molar-refractivity contribution in [3.63, 3.8) is 0 Å². The van der Waals surface area contributed by atoms with Gasteiger partial charge in [0.25, 0.3) is 5.56 Å². The number of primary amides is 1. The molecule has 9 heteroatoms. The largest absolute Gasteiger partial charge is 0.502 e. The Kier molecular flexibility index (Phi) is 5.93. The van der Waals surface area contributed by atoms with E-state index in [4.69, 9.17) is 19.6 Å². The van der Waals surface area contributed by atoms with Gasteiger partial charge in [0, 0.05) is 38.3 Å². The highest BCUT2D eigenvalue weighted by Crippen LogP contribution is 2.33. The molecule has 1 amide bonds. The van der Waals surface area contributed by atoms with Gasteiger partial charge in [-0.25, -0.2) is 0 Å². The minimum Gasteiger partial charge on any atom is -0.502 e. The number of aromatic hydroxyl groups is 1. The monoisotopic (exact) mass is 414 g/mol. The molecule has 158 valence electrons. The number of amides is 1. The van der Waals surface area contributed by atoms with E-state index in [1.807, 2.05) is 0 Å². The standard InChI is InChI=1S/C21H22N2O7/c1-23-16-7-12(29-3)5-4-11(16)6-15(21(23)27)14(9-18(22)25)20-19(26)17(24)8-13(30-20)10-28-2/h4-8,14,26H,9-10H2,1-3H3,(H2,22,25)/t14-/m1/s1. The summed E-state index contributed by atoms with van der Waals surface area (Å²) in [6, 6.07) is 7.88. The van der Waals surface area contributed by atoms with Crippen LogP contribution in [0.4, 0.5) is 0 Å². The molecule has 0 radical (unpaired) electrons. The summed E-state index contributed by atoms with van der Waals surface area (Å²) in [7, 11) is 4.52. The van der Waals surface area contributed by atoms with E-state index in [-0.39, 0.29) is 30.1 Å². The van der Waals surface area contributed by atoms with Crippen LogP contribution in [0.3, 0.4) is 0 Å². The third-order valence-electron chi connectivity index (χ3n) is 4.85. The molecular weight excluding hydrogens is 392 g/mol. The fraction of sp³-hybridized carbons (Fsp3) is 0.286. The van der Waals surface area contributed by atoms with Crippen molar-refractivity contribution in [2.45, 2.75) is 18.9 Å². The van der Waals surface area contributed by atoms with Gasteiger partial charge in [0.2, 0.25) is 17.1 Å². The first kappa shape index (κ1) is 21.1. The Morgan fingerprint density at radius 2 is 1.97 bits per heavy atom. The minimum atomic E-state index is -1.06. The van der Waals surface area contributed by atoms with Crippen LogP contribution in [0.2, 0.25) is 0 Å². The molecule has 0 saturated heterocycles. The van der Waals surface area contributed by atoms with Crippen LogP contribution in [0, 0.1) is 0 Å². The summed E-state index contributed by atoms with van der Waals surface area (Å²) in [6.45, 7) is -0.0265. The third-order valence-corrected chi connectivity index (χ3v) is 4.85. The van der Waals surface area contributed by atoms with Crippen molar-refractivity contribution in [3.8, 4) is 11.5 Å². The van der Waals surface area contributed by atoms with E-state index in [0.717, 1.165) is 6.07 Å². The Labute approximate surface area is 171 Å². The second kappa shape index (κ2) is 8.42. The number of hydrogen-bond acceptors (Lipinski definition) is 7. The molecule has 2 aromatic heterocycles. The molecule has 0 unspecified atom stereocenters. The van der Waals surface area contributed by atoms with Gasteiger partial charge in [0.1, 0.15) is 18.1 Å². The Bertz CT molecular complexity index is 1230. The molecule has 0 bridgehead atoms. The van der Waals surface area contributed by atoms with Crippen LogP contribution < -0.4 is 21.5 Å². The van der Waals surface area contributed by atoms with Crippen LogP contribution in [0.25, 0.3) is 10.9 Å². The molecule has 3 aromatic rings. The maximum absolute atomic E-state index is 13.1.